The van der Waals surface area contributed by atoms with Gasteiger partial charge in [-0.15, -0.1) is 0 Å². The summed E-state index contributed by atoms with van der Waals surface area (Å²) >= 11 is 3.27. The van der Waals surface area contributed by atoms with Gasteiger partial charge in [0, 0.05) is 4.47 Å². The Labute approximate surface area is 123 Å². The van der Waals surface area contributed by atoms with Gasteiger partial charge in [0.15, 0.2) is 0 Å². The van der Waals surface area contributed by atoms with E-state index >= 15 is 0 Å². The van der Waals surface area contributed by atoms with Gasteiger partial charge < -0.3 is 13.9 Å². The number of ether oxygens (including phenoxy) is 2. The highest BCUT2D eigenvalue weighted by atomic mass is 79.9. The average Bonchev–Trinajstić information content (AvgIpc) is 2.93. The minimum absolute atomic E-state index is 0.0584. The first-order chi connectivity index (χ1) is 9.61. The minimum Gasteiger partial charge on any atom is -0.463 e. The predicted octanol–water partition coefficient (Wildman–Crippen LogP) is 3.19. The second-order valence-electron chi connectivity index (χ2n) is 3.81. The van der Waals surface area contributed by atoms with Crippen LogP contribution in [0.25, 0.3) is 0 Å². The smallest absolute Gasteiger partial charge is 0.373 e. The predicted molar refractivity (Wildman–Crippen MR) is 73.3 cm³/mol. The lowest BCUT2D eigenvalue weighted by molar-refractivity contribution is 0.0437. The lowest BCUT2D eigenvalue weighted by Gasteiger charge is -2.04. The maximum absolute atomic E-state index is 11.9. The molecule has 0 fully saturated rings. The summed E-state index contributed by atoms with van der Waals surface area (Å²) < 4.78 is 15.5. The first-order valence-corrected chi connectivity index (χ1v) is 6.50. The molecule has 1 aromatic heterocycles. The highest BCUT2D eigenvalue weighted by molar-refractivity contribution is 9.10. The van der Waals surface area contributed by atoms with Crippen LogP contribution in [-0.4, -0.2) is 19.0 Å². The summed E-state index contributed by atoms with van der Waals surface area (Å²) in [7, 11) is 1.26. The third kappa shape index (κ3) is 3.27. The second-order valence-corrected chi connectivity index (χ2v) is 4.67. The molecule has 104 valence electrons. The molecule has 0 bridgehead atoms. The van der Waals surface area contributed by atoms with Gasteiger partial charge in [-0.05, 0) is 40.2 Å². The third-order valence-electron chi connectivity index (χ3n) is 2.49. The molecule has 2 rings (SSSR count). The van der Waals surface area contributed by atoms with E-state index in [0.29, 0.717) is 15.8 Å². The molecule has 0 radical (unpaired) electrons. The number of hydrogen-bond donors (Lipinski definition) is 0. The Morgan fingerprint density at radius 1 is 1.15 bits per heavy atom. The fourth-order valence-electron chi connectivity index (χ4n) is 1.51. The summed E-state index contributed by atoms with van der Waals surface area (Å²) in [6.07, 6.45) is 0. The number of carbonyl (C=O) groups excluding carboxylic acids is 2. The van der Waals surface area contributed by atoms with Crippen LogP contribution in [0.4, 0.5) is 0 Å². The maximum atomic E-state index is 11.9. The molecule has 0 amide bonds. The van der Waals surface area contributed by atoms with Crippen molar-refractivity contribution in [2.75, 3.05) is 7.11 Å². The summed E-state index contributed by atoms with van der Waals surface area (Å²) in [5, 5.41) is 0. The first kappa shape index (κ1) is 14.3. The van der Waals surface area contributed by atoms with E-state index < -0.39 is 11.9 Å². The van der Waals surface area contributed by atoms with Gasteiger partial charge in [-0.3, -0.25) is 0 Å². The van der Waals surface area contributed by atoms with E-state index in [1.165, 1.54) is 13.2 Å². The van der Waals surface area contributed by atoms with E-state index in [1.807, 2.05) is 0 Å². The Hall–Kier alpha value is -2.08. The van der Waals surface area contributed by atoms with Gasteiger partial charge in [0.1, 0.15) is 12.4 Å². The Bertz CT molecular complexity index is 632. The highest BCUT2D eigenvalue weighted by Gasteiger charge is 2.14. The number of carbonyl (C=O) groups is 2. The number of rotatable bonds is 4. The lowest BCUT2D eigenvalue weighted by atomic mass is 10.2. The molecule has 0 saturated carbocycles. The molecular formula is C14H11BrO5. The fraction of sp³-hybridized carbons (Fsp3) is 0.143. The van der Waals surface area contributed by atoms with Gasteiger partial charge in [-0.2, -0.15) is 0 Å². The highest BCUT2D eigenvalue weighted by Crippen LogP contribution is 2.18. The van der Waals surface area contributed by atoms with E-state index in [4.69, 9.17) is 9.15 Å². The van der Waals surface area contributed by atoms with Gasteiger partial charge in [0.2, 0.25) is 5.76 Å². The standard InChI is InChI=1S/C14H11BrO5/c1-18-14(17)12-7-6-9(20-12)8-19-13(16)10-4-2-3-5-11(10)15/h2-7H,8H2,1H3. The SMILES string of the molecule is COC(=O)c1ccc(COC(=O)c2ccccc2Br)o1. The number of methoxy groups -OCH3 is 1. The van der Waals surface area contributed by atoms with Crippen molar-refractivity contribution in [3.05, 3.63) is 58.0 Å². The van der Waals surface area contributed by atoms with Crippen LogP contribution in [-0.2, 0) is 16.1 Å². The Balaban J connectivity index is 1.99. The van der Waals surface area contributed by atoms with E-state index in [1.54, 1.807) is 30.3 Å². The van der Waals surface area contributed by atoms with Crippen molar-refractivity contribution in [3.8, 4) is 0 Å². The maximum Gasteiger partial charge on any atom is 0.373 e. The molecule has 0 unspecified atom stereocenters. The molecule has 5 nitrogen and oxygen atoms in total. The first-order valence-electron chi connectivity index (χ1n) is 5.70. The Morgan fingerprint density at radius 2 is 1.90 bits per heavy atom. The molecule has 6 heteroatoms. The van der Waals surface area contributed by atoms with E-state index in [9.17, 15) is 9.59 Å². The second kappa shape index (κ2) is 6.38. The van der Waals surface area contributed by atoms with Crippen LogP contribution >= 0.6 is 15.9 Å². The van der Waals surface area contributed by atoms with E-state index in [2.05, 4.69) is 20.7 Å². The Morgan fingerprint density at radius 3 is 2.60 bits per heavy atom. The van der Waals surface area contributed by atoms with E-state index in [0.717, 1.165) is 0 Å². The van der Waals surface area contributed by atoms with Crippen molar-refractivity contribution in [1.82, 2.24) is 0 Å². The number of hydrogen-bond acceptors (Lipinski definition) is 5. The third-order valence-corrected chi connectivity index (χ3v) is 3.18. The normalized spacial score (nSPS) is 10.1. The summed E-state index contributed by atoms with van der Waals surface area (Å²) in [4.78, 5) is 23.1. The number of benzene rings is 1. The number of furan rings is 1. The molecule has 0 N–H and O–H groups in total. The molecule has 1 heterocycles. The minimum atomic E-state index is -0.576. The number of halogens is 1. The summed E-state index contributed by atoms with van der Waals surface area (Å²) in [5.74, 6) is -0.618. The van der Waals surface area contributed by atoms with Crippen molar-refractivity contribution < 1.29 is 23.5 Å². The largest absolute Gasteiger partial charge is 0.463 e. The zero-order valence-corrected chi connectivity index (χ0v) is 12.2. The van der Waals surface area contributed by atoms with Crippen LogP contribution in [0, 0.1) is 0 Å². The topological polar surface area (TPSA) is 65.7 Å². The molecule has 0 spiro atoms. The summed E-state index contributed by atoms with van der Waals surface area (Å²) in [6, 6.07) is 9.96. The molecule has 0 atom stereocenters. The lowest BCUT2D eigenvalue weighted by Crippen LogP contribution is -2.05. The van der Waals surface area contributed by atoms with E-state index in [-0.39, 0.29) is 12.4 Å². The van der Waals surface area contributed by atoms with Crippen LogP contribution < -0.4 is 0 Å². The monoisotopic (exact) mass is 338 g/mol. The molecule has 0 aliphatic carbocycles. The molecule has 20 heavy (non-hydrogen) atoms. The van der Waals surface area contributed by atoms with Crippen LogP contribution in [0.15, 0.2) is 45.3 Å². The van der Waals surface area contributed by atoms with Gasteiger partial charge in [0.25, 0.3) is 0 Å². The zero-order valence-electron chi connectivity index (χ0n) is 10.6. The zero-order chi connectivity index (χ0) is 14.5. The van der Waals surface area contributed by atoms with Crippen LogP contribution in [0.5, 0.6) is 0 Å². The van der Waals surface area contributed by atoms with Crippen LogP contribution in [0.2, 0.25) is 0 Å². The molecule has 1 aromatic carbocycles. The fourth-order valence-corrected chi connectivity index (χ4v) is 1.95. The number of esters is 2. The summed E-state index contributed by atoms with van der Waals surface area (Å²) in [6.45, 7) is -0.0584. The average molecular weight is 339 g/mol. The Kier molecular flexibility index (Phi) is 4.57. The molecule has 2 aromatic rings. The van der Waals surface area contributed by atoms with Gasteiger partial charge in [-0.25, -0.2) is 9.59 Å². The van der Waals surface area contributed by atoms with Crippen molar-refractivity contribution in [2.45, 2.75) is 6.61 Å². The van der Waals surface area contributed by atoms with Gasteiger partial charge in [-0.1, -0.05) is 12.1 Å². The molecule has 0 aliphatic heterocycles. The molecule has 0 aliphatic rings. The van der Waals surface area contributed by atoms with Crippen LogP contribution in [0.1, 0.15) is 26.7 Å². The quantitative estimate of drug-likeness (QED) is 0.801. The van der Waals surface area contributed by atoms with Crippen molar-refractivity contribution in [3.63, 3.8) is 0 Å². The van der Waals surface area contributed by atoms with Crippen molar-refractivity contribution >= 4 is 27.9 Å². The summed E-state index contributed by atoms with van der Waals surface area (Å²) in [5.41, 5.74) is 0.423. The molecule has 0 saturated heterocycles. The molecular weight excluding hydrogens is 328 g/mol. The van der Waals surface area contributed by atoms with Crippen molar-refractivity contribution in [1.29, 1.82) is 0 Å². The van der Waals surface area contributed by atoms with Gasteiger partial charge in [0.05, 0.1) is 12.7 Å². The van der Waals surface area contributed by atoms with Crippen molar-refractivity contribution in [2.24, 2.45) is 0 Å². The van der Waals surface area contributed by atoms with Crippen LogP contribution in [0.3, 0.4) is 0 Å². The van der Waals surface area contributed by atoms with Gasteiger partial charge >= 0.3 is 11.9 Å².